The summed E-state index contributed by atoms with van der Waals surface area (Å²) in [6, 6.07) is 16.0. The number of hydrogen-bond acceptors (Lipinski definition) is 7. The van der Waals surface area contributed by atoms with Crippen molar-refractivity contribution in [1.82, 2.24) is 19.9 Å². The molecule has 9 nitrogen and oxygen atoms in total. The summed E-state index contributed by atoms with van der Waals surface area (Å²) < 4.78 is 15.9. The summed E-state index contributed by atoms with van der Waals surface area (Å²) >= 11 is 0. The maximum absolute atomic E-state index is 12.1. The fourth-order valence-corrected chi connectivity index (χ4v) is 5.02. The largest absolute Gasteiger partial charge is 0.392 e. The summed E-state index contributed by atoms with van der Waals surface area (Å²) in [5.74, 6) is 0.487. The second kappa shape index (κ2) is 10.7. The van der Waals surface area contributed by atoms with Crippen LogP contribution in [0, 0.1) is 0 Å². The van der Waals surface area contributed by atoms with Crippen LogP contribution in [0.4, 0.5) is 23.0 Å². The van der Waals surface area contributed by atoms with Crippen LogP contribution in [0.2, 0.25) is 0 Å². The molecule has 0 spiro atoms. The Bertz CT molecular complexity index is 1380. The predicted octanol–water partition coefficient (Wildman–Crippen LogP) is 2.85. The quantitative estimate of drug-likeness (QED) is 0.339. The van der Waals surface area contributed by atoms with Crippen LogP contribution in [0.25, 0.3) is 11.0 Å². The third kappa shape index (κ3) is 5.06. The van der Waals surface area contributed by atoms with Crippen molar-refractivity contribution < 1.29 is 9.32 Å². The van der Waals surface area contributed by atoms with Crippen molar-refractivity contribution >= 4 is 45.0 Å². The van der Waals surface area contributed by atoms with Gasteiger partial charge in [0.2, 0.25) is 5.95 Å². The van der Waals surface area contributed by atoms with Crippen molar-refractivity contribution in [3.05, 3.63) is 72.1 Å². The van der Waals surface area contributed by atoms with Gasteiger partial charge in [-0.1, -0.05) is 18.2 Å². The molecule has 1 saturated heterocycles. The molecule has 1 unspecified atom stereocenters. The van der Waals surface area contributed by atoms with Gasteiger partial charge < -0.3 is 25.2 Å². The molecule has 4 aromatic rings. The number of benzene rings is 2. The molecule has 1 atom stereocenters. The van der Waals surface area contributed by atoms with Crippen LogP contribution in [0.15, 0.2) is 60.9 Å². The number of rotatable bonds is 8. The maximum Gasteiger partial charge on any atom is 0.229 e. The number of fused-ring (bicyclic) bond motifs is 1. The highest BCUT2D eigenvalue weighted by Crippen LogP contribution is 2.27. The molecule has 5 rings (SSSR count). The Labute approximate surface area is 213 Å². The van der Waals surface area contributed by atoms with Gasteiger partial charge in [0.05, 0.1) is 18.8 Å². The fourth-order valence-electron chi connectivity index (χ4n) is 4.57. The van der Waals surface area contributed by atoms with E-state index in [4.69, 9.17) is 4.98 Å². The molecule has 188 valence electrons. The van der Waals surface area contributed by atoms with E-state index < -0.39 is 11.0 Å². The van der Waals surface area contributed by atoms with Gasteiger partial charge in [-0.2, -0.15) is 4.98 Å². The van der Waals surface area contributed by atoms with Crippen molar-refractivity contribution in [2.45, 2.75) is 13.2 Å². The third-order valence-electron chi connectivity index (χ3n) is 6.52. The van der Waals surface area contributed by atoms with Crippen LogP contribution >= 0.6 is 0 Å². The summed E-state index contributed by atoms with van der Waals surface area (Å²) in [5, 5.41) is 17.6. The number of hydrogen-bond donors (Lipinski definition) is 3. The molecule has 0 radical (unpaired) electrons. The summed E-state index contributed by atoms with van der Waals surface area (Å²) in [7, 11) is 0.719. The van der Waals surface area contributed by atoms with Gasteiger partial charge in [0.15, 0.2) is 0 Å². The Morgan fingerprint density at radius 1 is 1.14 bits per heavy atom. The first kappa shape index (κ1) is 24.2. The van der Waals surface area contributed by atoms with Crippen LogP contribution in [0.1, 0.15) is 11.1 Å². The van der Waals surface area contributed by atoms with Crippen molar-refractivity contribution in [3.63, 3.8) is 0 Å². The zero-order valence-corrected chi connectivity index (χ0v) is 21.3. The van der Waals surface area contributed by atoms with E-state index in [0.717, 1.165) is 65.4 Å². The number of aliphatic hydroxyl groups is 1. The van der Waals surface area contributed by atoms with E-state index in [1.54, 1.807) is 10.6 Å². The number of anilines is 4. The summed E-state index contributed by atoms with van der Waals surface area (Å²) in [6.07, 6.45) is 5.47. The monoisotopic (exact) mass is 505 g/mol. The van der Waals surface area contributed by atoms with E-state index in [1.165, 1.54) is 0 Å². The van der Waals surface area contributed by atoms with Gasteiger partial charge in [-0.3, -0.25) is 4.31 Å². The van der Waals surface area contributed by atoms with Gasteiger partial charge in [-0.05, 0) is 35.9 Å². The maximum atomic E-state index is 12.1. The van der Waals surface area contributed by atoms with Gasteiger partial charge in [-0.25, -0.2) is 9.19 Å². The smallest absolute Gasteiger partial charge is 0.229 e. The average molecular weight is 506 g/mol. The highest BCUT2D eigenvalue weighted by atomic mass is 32.2. The van der Waals surface area contributed by atoms with E-state index in [2.05, 4.69) is 25.1 Å². The minimum absolute atomic E-state index is 0.0338. The number of para-hydroxylation sites is 1. The molecule has 36 heavy (non-hydrogen) atoms. The minimum Gasteiger partial charge on any atom is -0.392 e. The lowest BCUT2D eigenvalue weighted by molar-refractivity contribution is 0.282. The molecular formula is C26H31N7O2S. The molecule has 0 amide bonds. The molecule has 1 aliphatic heterocycles. The van der Waals surface area contributed by atoms with Crippen LogP contribution < -0.4 is 19.8 Å². The number of aromatic nitrogens is 3. The molecule has 3 N–H and O–H groups in total. The SMILES string of the molecule is CN(c1ccccc1Cn1ccc2cnc(Nc3ccc(N4CCNCC4)c(CO)c3)nc21)S(C)=O. The lowest BCUT2D eigenvalue weighted by Crippen LogP contribution is -2.43. The Kier molecular flexibility index (Phi) is 7.17. The number of piperazine rings is 1. The first-order valence-corrected chi connectivity index (χ1v) is 13.5. The Hall–Kier alpha value is -3.47. The molecule has 0 bridgehead atoms. The molecule has 2 aromatic carbocycles. The van der Waals surface area contributed by atoms with Crippen molar-refractivity contribution in [3.8, 4) is 0 Å². The number of nitrogens with zero attached hydrogens (tertiary/aromatic N) is 5. The second-order valence-corrected chi connectivity index (χ2v) is 10.2. The third-order valence-corrected chi connectivity index (χ3v) is 7.49. The molecule has 3 heterocycles. The standard InChI is InChI=1S/C26H31N7O2S/c1-31(36(2)35)23-6-4-3-5-20(23)17-33-12-9-19-16-28-26(30-25(19)33)29-22-7-8-24(21(15-22)18-34)32-13-10-27-11-14-32/h3-9,12,15-16,27,34H,10-11,13-14,17-18H2,1-2H3,(H,28,29,30). The first-order valence-electron chi connectivity index (χ1n) is 12.0. The lowest BCUT2D eigenvalue weighted by atomic mass is 10.1. The highest BCUT2D eigenvalue weighted by molar-refractivity contribution is 7.85. The van der Waals surface area contributed by atoms with E-state index >= 15 is 0 Å². The van der Waals surface area contributed by atoms with E-state index in [1.807, 2.05) is 68.0 Å². The fraction of sp³-hybridized carbons (Fsp3) is 0.308. The Morgan fingerprint density at radius 3 is 2.72 bits per heavy atom. The minimum atomic E-state index is -1.12. The molecule has 1 fully saturated rings. The highest BCUT2D eigenvalue weighted by Gasteiger charge is 2.15. The number of nitrogens with one attached hydrogen (secondary N) is 2. The predicted molar refractivity (Wildman–Crippen MR) is 146 cm³/mol. The first-order chi connectivity index (χ1) is 17.5. The van der Waals surface area contributed by atoms with Crippen LogP contribution in [-0.2, 0) is 24.1 Å². The van der Waals surface area contributed by atoms with Gasteiger partial charge in [-0.15, -0.1) is 0 Å². The summed E-state index contributed by atoms with van der Waals surface area (Å²) in [6.45, 7) is 4.28. The molecule has 1 aliphatic rings. The van der Waals surface area contributed by atoms with Gasteiger partial charge in [0, 0.05) is 74.2 Å². The number of aliphatic hydroxyl groups excluding tert-OH is 1. The second-order valence-electron chi connectivity index (χ2n) is 8.83. The topological polar surface area (TPSA) is 98.6 Å². The zero-order valence-electron chi connectivity index (χ0n) is 20.5. The molecule has 0 saturated carbocycles. The zero-order chi connectivity index (χ0) is 25.1. The van der Waals surface area contributed by atoms with Gasteiger partial charge in [0.1, 0.15) is 16.6 Å². The Morgan fingerprint density at radius 2 is 1.94 bits per heavy atom. The normalized spacial score (nSPS) is 14.7. The summed E-state index contributed by atoms with van der Waals surface area (Å²) in [4.78, 5) is 11.6. The van der Waals surface area contributed by atoms with Crippen LogP contribution in [0.3, 0.4) is 0 Å². The average Bonchev–Trinajstić information content (AvgIpc) is 3.30. The van der Waals surface area contributed by atoms with Crippen molar-refractivity contribution in [2.75, 3.05) is 54.0 Å². The Balaban J connectivity index is 1.40. The van der Waals surface area contributed by atoms with Crippen LogP contribution in [-0.4, -0.2) is 63.3 Å². The van der Waals surface area contributed by atoms with Gasteiger partial charge in [0.25, 0.3) is 0 Å². The molecule has 10 heteroatoms. The van der Waals surface area contributed by atoms with E-state index in [-0.39, 0.29) is 6.61 Å². The van der Waals surface area contributed by atoms with Crippen molar-refractivity contribution in [1.29, 1.82) is 0 Å². The van der Waals surface area contributed by atoms with Gasteiger partial charge >= 0.3 is 0 Å². The summed E-state index contributed by atoms with van der Waals surface area (Å²) in [5.41, 5.74) is 5.55. The van der Waals surface area contributed by atoms with Crippen molar-refractivity contribution in [2.24, 2.45) is 0 Å². The van der Waals surface area contributed by atoms with Crippen LogP contribution in [0.5, 0.6) is 0 Å². The van der Waals surface area contributed by atoms with E-state index in [0.29, 0.717) is 12.5 Å². The molecular weight excluding hydrogens is 474 g/mol. The van der Waals surface area contributed by atoms with E-state index in [9.17, 15) is 9.32 Å². The molecule has 2 aromatic heterocycles. The molecule has 0 aliphatic carbocycles. The lowest BCUT2D eigenvalue weighted by Gasteiger charge is -2.31.